The zero-order chi connectivity index (χ0) is 26.5. The maximum absolute atomic E-state index is 13.0. The van der Waals surface area contributed by atoms with Gasteiger partial charge in [-0.15, -0.1) is 11.3 Å². The summed E-state index contributed by atoms with van der Waals surface area (Å²) in [6.07, 6.45) is 3.49. The van der Waals surface area contributed by atoms with Gasteiger partial charge in [-0.25, -0.2) is 4.98 Å². The Balaban J connectivity index is 1.24. The number of hydrogen-bond donors (Lipinski definition) is 2. The molecule has 9 nitrogen and oxygen atoms in total. The summed E-state index contributed by atoms with van der Waals surface area (Å²) in [5.41, 5.74) is 1.81. The van der Waals surface area contributed by atoms with E-state index < -0.39 is 0 Å². The number of amides is 1. The summed E-state index contributed by atoms with van der Waals surface area (Å²) in [6, 6.07) is 13.9. The molecule has 0 unspecified atom stereocenters. The third-order valence-electron chi connectivity index (χ3n) is 6.67. The van der Waals surface area contributed by atoms with Crippen LogP contribution in [0.15, 0.2) is 54.0 Å². The lowest BCUT2D eigenvalue weighted by atomic mass is 9.97. The molecule has 0 bridgehead atoms. The molecule has 1 aliphatic heterocycles. The number of carbonyl (C=O) groups is 1. The number of rotatable bonds is 9. The molecule has 2 aromatic carbocycles. The number of methoxy groups -OCH3 is 3. The van der Waals surface area contributed by atoms with Crippen LogP contribution in [0.3, 0.4) is 0 Å². The van der Waals surface area contributed by atoms with E-state index in [0.29, 0.717) is 42.0 Å². The third-order valence-corrected chi connectivity index (χ3v) is 7.54. The summed E-state index contributed by atoms with van der Waals surface area (Å²) in [5, 5.41) is 9.68. The molecule has 1 fully saturated rings. The number of nitrogens with one attached hydrogen (secondary N) is 2. The Morgan fingerprint density at radius 1 is 1.08 bits per heavy atom. The lowest BCUT2D eigenvalue weighted by Crippen LogP contribution is -2.43. The van der Waals surface area contributed by atoms with Crippen molar-refractivity contribution in [1.82, 2.24) is 15.3 Å². The van der Waals surface area contributed by atoms with E-state index in [1.807, 2.05) is 6.07 Å². The lowest BCUT2D eigenvalue weighted by molar-refractivity contribution is -0.125. The Kier molecular flexibility index (Phi) is 7.78. The fourth-order valence-corrected chi connectivity index (χ4v) is 5.56. The predicted molar refractivity (Wildman–Crippen MR) is 150 cm³/mol. The van der Waals surface area contributed by atoms with Crippen LogP contribution >= 0.6 is 11.3 Å². The molecule has 1 amide bonds. The molecule has 1 atom stereocenters. The molecule has 38 heavy (non-hydrogen) atoms. The molecule has 0 radical (unpaired) electrons. The predicted octanol–water partition coefficient (Wildman–Crippen LogP) is 4.99. The van der Waals surface area contributed by atoms with Crippen LogP contribution in [0, 0.1) is 5.92 Å². The molecule has 3 heterocycles. The van der Waals surface area contributed by atoms with Gasteiger partial charge >= 0.3 is 0 Å². The highest BCUT2D eigenvalue weighted by Crippen LogP contribution is 2.40. The number of ether oxygens (including phenoxy) is 3. The monoisotopic (exact) mass is 533 g/mol. The van der Waals surface area contributed by atoms with Gasteiger partial charge in [0.2, 0.25) is 17.6 Å². The Morgan fingerprint density at radius 3 is 2.66 bits per heavy atom. The lowest BCUT2D eigenvalue weighted by Gasteiger charge is -2.33. The minimum Gasteiger partial charge on any atom is -0.493 e. The smallest absolute Gasteiger partial charge is 0.229 e. The van der Waals surface area contributed by atoms with Crippen LogP contribution in [-0.2, 0) is 11.3 Å². The van der Waals surface area contributed by atoms with Gasteiger partial charge in [-0.3, -0.25) is 4.79 Å². The topological polar surface area (TPSA) is 97.8 Å². The minimum absolute atomic E-state index is 0.0748. The number of carbonyl (C=O) groups excluding carboxylic acids is 1. The van der Waals surface area contributed by atoms with Crippen molar-refractivity contribution in [3.63, 3.8) is 0 Å². The number of thiophene rings is 1. The summed E-state index contributed by atoms with van der Waals surface area (Å²) >= 11 is 1.71. The van der Waals surface area contributed by atoms with Crippen molar-refractivity contribution in [2.75, 3.05) is 44.6 Å². The average molecular weight is 534 g/mol. The van der Waals surface area contributed by atoms with Crippen LogP contribution in [0.5, 0.6) is 17.2 Å². The summed E-state index contributed by atoms with van der Waals surface area (Å²) in [5.74, 6) is 2.76. The maximum Gasteiger partial charge on any atom is 0.229 e. The molecule has 198 valence electrons. The molecular formula is C28H31N5O4S. The molecular weight excluding hydrogens is 502 g/mol. The first kappa shape index (κ1) is 25.6. The zero-order valence-corrected chi connectivity index (χ0v) is 22.5. The summed E-state index contributed by atoms with van der Waals surface area (Å²) < 4.78 is 17.5. The summed E-state index contributed by atoms with van der Waals surface area (Å²) in [7, 11) is 4.71. The summed E-state index contributed by atoms with van der Waals surface area (Å²) in [6.45, 7) is 1.97. The third kappa shape index (κ3) is 5.60. The first-order valence-corrected chi connectivity index (χ1v) is 13.3. The van der Waals surface area contributed by atoms with E-state index in [1.54, 1.807) is 51.0 Å². The number of aromatic nitrogens is 2. The van der Waals surface area contributed by atoms with Gasteiger partial charge in [-0.05, 0) is 47.4 Å². The van der Waals surface area contributed by atoms with Crippen molar-refractivity contribution >= 4 is 44.8 Å². The van der Waals surface area contributed by atoms with Gasteiger partial charge in [-0.1, -0.05) is 12.1 Å². The quantitative estimate of drug-likeness (QED) is 0.311. The first-order valence-electron chi connectivity index (χ1n) is 12.5. The van der Waals surface area contributed by atoms with E-state index >= 15 is 0 Å². The van der Waals surface area contributed by atoms with Crippen molar-refractivity contribution in [3.8, 4) is 17.2 Å². The van der Waals surface area contributed by atoms with Crippen LogP contribution in [0.25, 0.3) is 10.1 Å². The molecule has 4 aromatic rings. The molecule has 1 saturated heterocycles. The maximum atomic E-state index is 13.0. The largest absolute Gasteiger partial charge is 0.493 e. The van der Waals surface area contributed by atoms with Crippen LogP contribution in [0.2, 0.25) is 0 Å². The van der Waals surface area contributed by atoms with E-state index in [-0.39, 0.29) is 11.8 Å². The number of hydrogen-bond acceptors (Lipinski definition) is 9. The van der Waals surface area contributed by atoms with Crippen molar-refractivity contribution in [3.05, 3.63) is 59.6 Å². The second-order valence-electron chi connectivity index (χ2n) is 9.07. The Morgan fingerprint density at radius 2 is 1.89 bits per heavy atom. The Bertz CT molecular complexity index is 1400. The Hall–Kier alpha value is -4.05. The van der Waals surface area contributed by atoms with Gasteiger partial charge < -0.3 is 29.7 Å². The van der Waals surface area contributed by atoms with E-state index in [0.717, 1.165) is 30.8 Å². The highest BCUT2D eigenvalue weighted by atomic mass is 32.1. The highest BCUT2D eigenvalue weighted by Gasteiger charge is 2.26. The zero-order valence-electron chi connectivity index (χ0n) is 21.7. The molecule has 5 rings (SSSR count). The molecule has 0 saturated carbocycles. The van der Waals surface area contributed by atoms with Gasteiger partial charge in [-0.2, -0.15) is 4.98 Å². The molecule has 2 aromatic heterocycles. The SMILES string of the molecule is COc1cc(Nc2nccc(N3CCC[C@H](C(=O)NCc4ccc5ccsc5c4)C3)n2)cc(OC)c1OC. The fourth-order valence-electron chi connectivity index (χ4n) is 4.71. The first-order chi connectivity index (χ1) is 18.6. The molecule has 0 spiro atoms. The van der Waals surface area contributed by atoms with Crippen molar-refractivity contribution < 1.29 is 19.0 Å². The van der Waals surface area contributed by atoms with Gasteiger partial charge in [0.1, 0.15) is 5.82 Å². The number of piperidine rings is 1. The number of fused-ring (bicyclic) bond motifs is 1. The normalized spacial score (nSPS) is 15.2. The fraction of sp³-hybridized carbons (Fsp3) is 0.321. The highest BCUT2D eigenvalue weighted by molar-refractivity contribution is 7.17. The van der Waals surface area contributed by atoms with Crippen molar-refractivity contribution in [2.24, 2.45) is 5.92 Å². The minimum atomic E-state index is -0.101. The molecule has 0 aliphatic carbocycles. The van der Waals surface area contributed by atoms with E-state index in [9.17, 15) is 4.79 Å². The van der Waals surface area contributed by atoms with Crippen LogP contribution < -0.4 is 29.7 Å². The standard InChI is InChI=1S/C28H31N5O4S/c1-35-22-14-21(15-23(36-2)26(22)37-3)31-28-29-10-8-25(32-28)33-11-4-5-20(17-33)27(34)30-16-18-6-7-19-9-12-38-24(19)13-18/h6-10,12-15,20H,4-5,11,16-17H2,1-3H3,(H,30,34)(H,29,31,32)/t20-/m0/s1. The molecule has 1 aliphatic rings. The second kappa shape index (κ2) is 11.6. The van der Waals surface area contributed by atoms with Crippen LogP contribution in [0.4, 0.5) is 17.5 Å². The van der Waals surface area contributed by atoms with E-state index in [2.05, 4.69) is 50.2 Å². The van der Waals surface area contributed by atoms with Crippen LogP contribution in [0.1, 0.15) is 18.4 Å². The van der Waals surface area contributed by atoms with Gasteiger partial charge in [0, 0.05) is 48.4 Å². The number of benzene rings is 2. The Labute approximate surface area is 225 Å². The van der Waals surface area contributed by atoms with Gasteiger partial charge in [0.05, 0.1) is 27.2 Å². The molecule has 10 heteroatoms. The van der Waals surface area contributed by atoms with Crippen molar-refractivity contribution in [2.45, 2.75) is 19.4 Å². The summed E-state index contributed by atoms with van der Waals surface area (Å²) in [4.78, 5) is 24.3. The number of nitrogens with zero attached hydrogens (tertiary/aromatic N) is 3. The van der Waals surface area contributed by atoms with Gasteiger partial charge in [0.15, 0.2) is 11.5 Å². The van der Waals surface area contributed by atoms with E-state index in [4.69, 9.17) is 19.2 Å². The average Bonchev–Trinajstić information content (AvgIpc) is 3.43. The number of anilines is 3. The van der Waals surface area contributed by atoms with Crippen LogP contribution in [-0.4, -0.2) is 50.3 Å². The van der Waals surface area contributed by atoms with Crippen molar-refractivity contribution in [1.29, 1.82) is 0 Å². The van der Waals surface area contributed by atoms with Gasteiger partial charge in [0.25, 0.3) is 0 Å². The molecule has 2 N–H and O–H groups in total. The second-order valence-corrected chi connectivity index (χ2v) is 10.0. The van der Waals surface area contributed by atoms with E-state index in [1.165, 1.54) is 10.1 Å².